The molecule has 1 aliphatic heterocycles. The van der Waals surface area contributed by atoms with Crippen molar-refractivity contribution in [2.75, 3.05) is 25.6 Å². The van der Waals surface area contributed by atoms with Gasteiger partial charge in [-0.15, -0.1) is 11.6 Å². The van der Waals surface area contributed by atoms with Crippen molar-refractivity contribution in [2.45, 2.75) is 63.6 Å². The number of nitro groups is 1. The number of phosphoric acid groups is 1. The average Bonchev–Trinajstić information content (AvgIpc) is 3.16. The van der Waals surface area contributed by atoms with Crippen molar-refractivity contribution in [3.8, 4) is 0 Å². The number of halogens is 1. The number of phosphoric ester groups is 1. The first-order chi connectivity index (χ1) is 16.9. The fourth-order valence-corrected chi connectivity index (χ4v) is 6.95. The highest BCUT2D eigenvalue weighted by molar-refractivity contribution is 7.89. The summed E-state index contributed by atoms with van der Waals surface area (Å²) >= 11 is 6.07. The van der Waals surface area contributed by atoms with Crippen LogP contribution in [0.2, 0.25) is 0 Å². The Balaban J connectivity index is 1.82. The molecule has 0 amide bonds. The van der Waals surface area contributed by atoms with Crippen molar-refractivity contribution in [2.24, 2.45) is 0 Å². The molecule has 1 radical (unpaired) electrons. The molecule has 0 bridgehead atoms. The number of nitro benzene ring substituents is 1. The van der Waals surface area contributed by atoms with E-state index in [0.29, 0.717) is 17.6 Å². The quantitative estimate of drug-likeness (QED) is 0.131. The summed E-state index contributed by atoms with van der Waals surface area (Å²) in [5.74, 6) is 0.172. The molecule has 0 aliphatic carbocycles. The zero-order valence-corrected chi connectivity index (χ0v) is 24.1. The van der Waals surface area contributed by atoms with Gasteiger partial charge in [0.1, 0.15) is 0 Å². The first kappa shape index (κ1) is 29.8. The molecule has 2 aromatic carbocycles. The third-order valence-electron chi connectivity index (χ3n) is 5.10. The van der Waals surface area contributed by atoms with Crippen LogP contribution in [0.4, 0.5) is 11.4 Å². The van der Waals surface area contributed by atoms with Crippen molar-refractivity contribution in [3.63, 3.8) is 0 Å². The van der Waals surface area contributed by atoms with Gasteiger partial charge in [0.15, 0.2) is 0 Å². The lowest BCUT2D eigenvalue weighted by atomic mass is 9.95. The molecule has 1 atom stereocenters. The van der Waals surface area contributed by atoms with E-state index < -0.39 is 34.0 Å². The van der Waals surface area contributed by atoms with E-state index in [0.717, 1.165) is 5.56 Å². The fourth-order valence-electron chi connectivity index (χ4n) is 3.86. The predicted molar refractivity (Wildman–Crippen MR) is 141 cm³/mol. The van der Waals surface area contributed by atoms with Crippen LogP contribution < -0.4 is 10.0 Å². The summed E-state index contributed by atoms with van der Waals surface area (Å²) < 4.78 is 57.8. The van der Waals surface area contributed by atoms with E-state index in [1.165, 1.54) is 24.3 Å². The van der Waals surface area contributed by atoms with Gasteiger partial charge in [0.05, 0.1) is 38.7 Å². The maximum Gasteiger partial charge on any atom is 0.475 e. The van der Waals surface area contributed by atoms with E-state index in [-0.39, 0.29) is 40.9 Å². The number of rotatable bonds is 10. The van der Waals surface area contributed by atoms with Gasteiger partial charge >= 0.3 is 7.82 Å². The largest absolute Gasteiger partial charge is 0.475 e. The average molecular weight is 577 g/mol. The van der Waals surface area contributed by atoms with Gasteiger partial charge in [0.2, 0.25) is 10.0 Å². The van der Waals surface area contributed by atoms with E-state index in [1.54, 1.807) is 41.5 Å². The Morgan fingerprint density at radius 1 is 1.14 bits per heavy atom. The highest BCUT2D eigenvalue weighted by atomic mass is 35.5. The maximum absolute atomic E-state index is 13.1. The van der Waals surface area contributed by atoms with Gasteiger partial charge in [-0.2, -0.15) is 0 Å². The zero-order valence-electron chi connectivity index (χ0n) is 21.6. The summed E-state index contributed by atoms with van der Waals surface area (Å²) in [5.41, 5.74) is -0.649. The molecule has 1 N–H and O–H groups in total. The number of sulfonamides is 1. The lowest BCUT2D eigenvalue weighted by Crippen LogP contribution is -2.29. The summed E-state index contributed by atoms with van der Waals surface area (Å²) in [4.78, 5) is 11.0. The zero-order chi connectivity index (χ0) is 27.8. The molecule has 0 spiro atoms. The molecule has 0 aromatic heterocycles. The van der Waals surface area contributed by atoms with Crippen LogP contribution in [-0.4, -0.2) is 50.1 Å². The molecule has 1 heterocycles. The molecular weight excluding hydrogens is 545 g/mol. The monoisotopic (exact) mass is 576 g/mol. The Morgan fingerprint density at radius 3 is 2.30 bits per heavy atom. The summed E-state index contributed by atoms with van der Waals surface area (Å²) in [6.07, 6.45) is 0. The molecule has 205 valence electrons. The smallest absolute Gasteiger partial charge is 0.285 e. The van der Waals surface area contributed by atoms with Gasteiger partial charge in [-0.3, -0.25) is 29.0 Å². The second-order valence-corrected chi connectivity index (χ2v) is 14.2. The van der Waals surface area contributed by atoms with Gasteiger partial charge in [-0.1, -0.05) is 6.07 Å². The third-order valence-corrected chi connectivity index (χ3v) is 8.98. The molecule has 1 unspecified atom stereocenters. The van der Waals surface area contributed by atoms with Crippen LogP contribution in [0, 0.1) is 10.1 Å². The molecule has 0 fully saturated rings. The lowest BCUT2D eigenvalue weighted by Gasteiger charge is -2.30. The van der Waals surface area contributed by atoms with Crippen LogP contribution in [0.5, 0.6) is 0 Å². The molecule has 3 rings (SSSR count). The number of nitrogens with one attached hydrogen (secondary N) is 1. The summed E-state index contributed by atoms with van der Waals surface area (Å²) in [7, 11) is -8.10. The molecule has 1 aliphatic rings. The normalized spacial score (nSPS) is 16.6. The minimum Gasteiger partial charge on any atom is -0.285 e. The Morgan fingerprint density at radius 2 is 1.76 bits per heavy atom. The SMILES string of the molecule is CC(C)(C)OP(=O)(OCCNS(=O)(=O)c1ccc2c3c(cc([N+](=O)[O-])c2c1)[N]CC3CCl)OC(C)(C)C. The van der Waals surface area contributed by atoms with E-state index in [1.807, 2.05) is 0 Å². The first-order valence-electron chi connectivity index (χ1n) is 11.6. The Bertz CT molecular complexity index is 1320. The summed E-state index contributed by atoms with van der Waals surface area (Å²) in [5, 5.41) is 16.8. The van der Waals surface area contributed by atoms with Gasteiger partial charge in [-0.05, 0) is 64.6 Å². The molecule has 0 saturated heterocycles. The van der Waals surface area contributed by atoms with Crippen LogP contribution in [-0.2, 0) is 28.2 Å². The van der Waals surface area contributed by atoms with Gasteiger partial charge < -0.3 is 0 Å². The van der Waals surface area contributed by atoms with Gasteiger partial charge in [-0.25, -0.2) is 17.7 Å². The predicted octanol–water partition coefficient (Wildman–Crippen LogP) is 5.35. The number of hydrogen-bond acceptors (Lipinski definition) is 8. The fraction of sp³-hybridized carbons (Fsp3) is 0.565. The van der Waals surface area contributed by atoms with Crippen molar-refractivity contribution < 1.29 is 31.5 Å². The highest BCUT2D eigenvalue weighted by Crippen LogP contribution is 2.55. The number of benzene rings is 2. The molecule has 37 heavy (non-hydrogen) atoms. The van der Waals surface area contributed by atoms with Crippen molar-refractivity contribution >= 4 is 51.6 Å². The van der Waals surface area contributed by atoms with Gasteiger partial charge in [0, 0.05) is 31.0 Å². The molecule has 0 saturated carbocycles. The first-order valence-corrected chi connectivity index (χ1v) is 15.1. The Kier molecular flexibility index (Phi) is 8.66. The van der Waals surface area contributed by atoms with Crippen molar-refractivity contribution in [1.82, 2.24) is 10.0 Å². The van der Waals surface area contributed by atoms with Crippen LogP contribution in [0.15, 0.2) is 29.2 Å². The second-order valence-electron chi connectivity index (χ2n) is 10.6. The van der Waals surface area contributed by atoms with Crippen LogP contribution in [0.25, 0.3) is 10.8 Å². The lowest BCUT2D eigenvalue weighted by molar-refractivity contribution is -0.383. The molecule has 14 heteroatoms. The Hall–Kier alpha value is -1.79. The van der Waals surface area contributed by atoms with E-state index in [9.17, 15) is 23.1 Å². The van der Waals surface area contributed by atoms with Crippen LogP contribution in [0.1, 0.15) is 53.0 Å². The number of hydrogen-bond donors (Lipinski definition) is 1. The molecule has 11 nitrogen and oxygen atoms in total. The Labute approximate surface area is 222 Å². The second kappa shape index (κ2) is 10.8. The minimum atomic E-state index is -4.09. The van der Waals surface area contributed by atoms with E-state index in [2.05, 4.69) is 10.0 Å². The highest BCUT2D eigenvalue weighted by Gasteiger charge is 2.37. The number of alkyl halides is 1. The summed E-state index contributed by atoms with van der Waals surface area (Å²) in [6.45, 7) is 10.0. The van der Waals surface area contributed by atoms with Gasteiger partial charge in [0.25, 0.3) is 5.69 Å². The number of fused-ring (bicyclic) bond motifs is 3. The number of non-ortho nitro benzene ring substituents is 1. The van der Waals surface area contributed by atoms with E-state index in [4.69, 9.17) is 25.2 Å². The topological polar surface area (TPSA) is 148 Å². The maximum atomic E-state index is 13.1. The summed E-state index contributed by atoms with van der Waals surface area (Å²) in [6, 6.07) is 5.52. The third kappa shape index (κ3) is 7.41. The van der Waals surface area contributed by atoms with E-state index >= 15 is 0 Å². The standard InChI is InChI=1S/C23H32ClN3O8PS/c1-22(2,3)34-36(30,35-23(4,5)6)33-10-9-26-37(31,32)16-7-8-17-18(11-16)20(27(28)29)12-19-21(17)15(13-24)14-25-19/h7-8,11-12,15,26H,9-10,13-14H2,1-6H3. The molecular formula is C23H32ClN3O8PS. The minimum absolute atomic E-state index is 0.112. The molecule has 2 aromatic rings. The van der Waals surface area contributed by atoms with Crippen molar-refractivity contribution in [1.29, 1.82) is 0 Å². The number of nitrogens with zero attached hydrogens (tertiary/aromatic N) is 2. The van der Waals surface area contributed by atoms with Crippen LogP contribution in [0.3, 0.4) is 0 Å². The van der Waals surface area contributed by atoms with Crippen LogP contribution >= 0.6 is 19.4 Å². The van der Waals surface area contributed by atoms with Crippen molar-refractivity contribution in [3.05, 3.63) is 39.9 Å².